The van der Waals surface area contributed by atoms with Gasteiger partial charge in [0.1, 0.15) is 11.5 Å². The maximum absolute atomic E-state index is 13.0. The molecule has 0 atom stereocenters. The number of sulfonamides is 1. The van der Waals surface area contributed by atoms with Crippen molar-refractivity contribution in [2.75, 3.05) is 10.1 Å². The molecule has 0 bridgehead atoms. The molecule has 0 radical (unpaired) electrons. The molecule has 0 N–H and O–H groups in total. The van der Waals surface area contributed by atoms with E-state index in [1.54, 1.807) is 43.3 Å². The maximum atomic E-state index is 13.0. The van der Waals surface area contributed by atoms with Crippen molar-refractivity contribution in [3.8, 4) is 11.5 Å². The lowest BCUT2D eigenvalue weighted by atomic mass is 10.2. The second kappa shape index (κ2) is 9.15. The van der Waals surface area contributed by atoms with Crippen LogP contribution in [0.5, 0.6) is 11.5 Å². The molecule has 1 aromatic heterocycles. The summed E-state index contributed by atoms with van der Waals surface area (Å²) in [6.07, 6.45) is -2.06. The van der Waals surface area contributed by atoms with Crippen LogP contribution >= 0.6 is 11.6 Å². The summed E-state index contributed by atoms with van der Waals surface area (Å²) in [6, 6.07) is 14.7. The molecule has 3 rings (SSSR count). The monoisotopic (exact) mass is 470 g/mol. The Morgan fingerprint density at radius 1 is 1.10 bits per heavy atom. The molecule has 0 spiro atoms. The fourth-order valence-electron chi connectivity index (χ4n) is 2.84. The quantitative estimate of drug-likeness (QED) is 0.442. The van der Waals surface area contributed by atoms with Crippen molar-refractivity contribution in [2.45, 2.75) is 19.6 Å². The van der Waals surface area contributed by atoms with Crippen molar-refractivity contribution in [3.05, 3.63) is 83.1 Å². The van der Waals surface area contributed by atoms with Gasteiger partial charge in [0, 0.05) is 18.5 Å². The number of aryl methyl sites for hydroxylation is 1. The van der Waals surface area contributed by atoms with Crippen molar-refractivity contribution >= 4 is 27.3 Å². The largest absolute Gasteiger partial charge is 0.457 e. The first kappa shape index (κ1) is 22.9. The van der Waals surface area contributed by atoms with Gasteiger partial charge in [0.2, 0.25) is 10.0 Å². The number of pyridine rings is 1. The average molecular weight is 471 g/mol. The molecule has 0 amide bonds. The molecule has 5 nitrogen and oxygen atoms in total. The number of benzene rings is 2. The molecule has 0 unspecified atom stereocenters. The van der Waals surface area contributed by atoms with E-state index in [4.69, 9.17) is 16.3 Å². The molecular weight excluding hydrogens is 453 g/mol. The molecule has 0 aliphatic heterocycles. The van der Waals surface area contributed by atoms with Crippen LogP contribution < -0.4 is 9.04 Å². The van der Waals surface area contributed by atoms with Gasteiger partial charge in [0.15, 0.2) is 5.75 Å². The zero-order chi connectivity index (χ0) is 22.6. The predicted molar refractivity (Wildman–Crippen MR) is 113 cm³/mol. The third-order valence-electron chi connectivity index (χ3n) is 4.21. The van der Waals surface area contributed by atoms with E-state index in [0.29, 0.717) is 26.9 Å². The summed E-state index contributed by atoms with van der Waals surface area (Å²) in [7, 11) is -4.79. The molecule has 2 aromatic carbocycles. The van der Waals surface area contributed by atoms with Crippen LogP contribution in [0.2, 0.25) is 5.02 Å². The summed E-state index contributed by atoms with van der Waals surface area (Å²) in [4.78, 5) is 3.89. The lowest BCUT2D eigenvalue weighted by molar-refractivity contribution is -0.106. The third kappa shape index (κ3) is 6.11. The smallest absolute Gasteiger partial charge is 0.404 e. The summed E-state index contributed by atoms with van der Waals surface area (Å²) in [5, 5.41) is -0.0637. The zero-order valence-electron chi connectivity index (χ0n) is 16.3. The fourth-order valence-corrected chi connectivity index (χ4v) is 4.51. The Kier molecular flexibility index (Phi) is 6.76. The Labute approximate surface area is 183 Å². The van der Waals surface area contributed by atoms with Gasteiger partial charge < -0.3 is 4.74 Å². The highest BCUT2D eigenvalue weighted by Gasteiger charge is 2.39. The molecule has 0 aliphatic carbocycles. The number of ether oxygens (including phenoxy) is 1. The topological polar surface area (TPSA) is 59.5 Å². The summed E-state index contributed by atoms with van der Waals surface area (Å²) >= 11 is 6.32. The molecule has 0 fully saturated rings. The van der Waals surface area contributed by atoms with E-state index in [2.05, 4.69) is 4.98 Å². The van der Waals surface area contributed by atoms with E-state index >= 15 is 0 Å². The van der Waals surface area contributed by atoms with Gasteiger partial charge in [0.25, 0.3) is 0 Å². The summed E-state index contributed by atoms with van der Waals surface area (Å²) in [5.41, 5.74) is 0.834. The van der Waals surface area contributed by atoms with Gasteiger partial charge in [-0.1, -0.05) is 35.9 Å². The van der Waals surface area contributed by atoms with E-state index in [1.807, 2.05) is 6.07 Å². The number of hydrogen-bond donors (Lipinski definition) is 0. The standard InChI is InChI=1S/C21H18ClF3N2O3S/c1-15-10-19(18(22)11-20(15)30-17-7-3-2-4-8-17)27(13-16-6-5-9-26-12-16)31(28,29)14-21(23,24)25/h2-12H,13-14H2,1H3. The Hall–Kier alpha value is -2.78. The fraction of sp³-hybridized carbons (Fsp3) is 0.190. The lowest BCUT2D eigenvalue weighted by Crippen LogP contribution is -2.37. The van der Waals surface area contributed by atoms with Crippen molar-refractivity contribution in [1.82, 2.24) is 4.98 Å². The van der Waals surface area contributed by atoms with E-state index in [-0.39, 0.29) is 17.3 Å². The van der Waals surface area contributed by atoms with Gasteiger partial charge >= 0.3 is 6.18 Å². The minimum absolute atomic E-state index is 0.0637. The van der Waals surface area contributed by atoms with Crippen LogP contribution in [0.15, 0.2) is 67.0 Å². The Morgan fingerprint density at radius 3 is 2.42 bits per heavy atom. The second-order valence-electron chi connectivity index (χ2n) is 6.72. The molecule has 0 saturated heterocycles. The number of nitrogens with zero attached hydrogens (tertiary/aromatic N) is 2. The Bertz CT molecular complexity index is 1140. The van der Waals surface area contributed by atoms with E-state index in [1.165, 1.54) is 24.5 Å². The number of rotatable bonds is 7. The first-order chi connectivity index (χ1) is 14.5. The zero-order valence-corrected chi connectivity index (χ0v) is 17.9. The number of alkyl halides is 3. The van der Waals surface area contributed by atoms with Crippen molar-refractivity contribution in [2.24, 2.45) is 0 Å². The third-order valence-corrected chi connectivity index (χ3v) is 6.21. The predicted octanol–water partition coefficient (Wildman–Crippen LogP) is 5.73. The molecule has 10 heteroatoms. The molecule has 1 heterocycles. The SMILES string of the molecule is Cc1cc(N(Cc2cccnc2)S(=O)(=O)CC(F)(F)F)c(Cl)cc1Oc1ccccc1. The van der Waals surface area contributed by atoms with Crippen LogP contribution in [0, 0.1) is 6.92 Å². The first-order valence-electron chi connectivity index (χ1n) is 9.04. The summed E-state index contributed by atoms with van der Waals surface area (Å²) in [6.45, 7) is 1.29. The average Bonchev–Trinajstić information content (AvgIpc) is 2.69. The summed E-state index contributed by atoms with van der Waals surface area (Å²) < 4.78 is 70.7. The van der Waals surface area contributed by atoms with Crippen LogP contribution in [0.25, 0.3) is 0 Å². The highest BCUT2D eigenvalue weighted by atomic mass is 35.5. The van der Waals surface area contributed by atoms with E-state index < -0.39 is 22.0 Å². The van der Waals surface area contributed by atoms with Gasteiger partial charge in [-0.3, -0.25) is 9.29 Å². The van der Waals surface area contributed by atoms with Crippen LogP contribution in [-0.2, 0) is 16.6 Å². The Balaban J connectivity index is 2.03. The maximum Gasteiger partial charge on any atom is 0.404 e. The number of para-hydroxylation sites is 1. The van der Waals surface area contributed by atoms with E-state index in [9.17, 15) is 21.6 Å². The number of hydrogen-bond acceptors (Lipinski definition) is 4. The summed E-state index contributed by atoms with van der Waals surface area (Å²) in [5.74, 6) is -1.13. The molecule has 3 aromatic rings. The van der Waals surface area contributed by atoms with Gasteiger partial charge in [-0.25, -0.2) is 8.42 Å². The number of halogens is 4. The minimum Gasteiger partial charge on any atom is -0.457 e. The first-order valence-corrected chi connectivity index (χ1v) is 11.0. The molecule has 164 valence electrons. The van der Waals surface area contributed by atoms with Gasteiger partial charge in [-0.15, -0.1) is 0 Å². The minimum atomic E-state index is -4.91. The van der Waals surface area contributed by atoms with Crippen LogP contribution in [0.3, 0.4) is 0 Å². The highest BCUT2D eigenvalue weighted by molar-refractivity contribution is 7.92. The van der Waals surface area contributed by atoms with E-state index in [0.717, 1.165) is 0 Å². The molecule has 0 aliphatic rings. The van der Waals surface area contributed by atoms with Gasteiger partial charge in [-0.05, 0) is 42.3 Å². The lowest BCUT2D eigenvalue weighted by Gasteiger charge is -2.27. The molecule has 31 heavy (non-hydrogen) atoms. The number of anilines is 1. The number of aromatic nitrogens is 1. The van der Waals surface area contributed by atoms with Crippen LogP contribution in [0.4, 0.5) is 18.9 Å². The van der Waals surface area contributed by atoms with Crippen LogP contribution in [-0.4, -0.2) is 25.3 Å². The van der Waals surface area contributed by atoms with Crippen molar-refractivity contribution < 1.29 is 26.3 Å². The van der Waals surface area contributed by atoms with Gasteiger partial charge in [0.05, 0.1) is 17.3 Å². The Morgan fingerprint density at radius 2 is 1.81 bits per heavy atom. The van der Waals surface area contributed by atoms with Crippen molar-refractivity contribution in [1.29, 1.82) is 0 Å². The second-order valence-corrected chi connectivity index (χ2v) is 9.02. The highest BCUT2D eigenvalue weighted by Crippen LogP contribution is 2.37. The van der Waals surface area contributed by atoms with Crippen LogP contribution in [0.1, 0.15) is 11.1 Å². The van der Waals surface area contributed by atoms with Gasteiger partial charge in [-0.2, -0.15) is 13.2 Å². The molecular formula is C21H18ClF3N2O3S. The van der Waals surface area contributed by atoms with Crippen molar-refractivity contribution in [3.63, 3.8) is 0 Å². The molecule has 0 saturated carbocycles. The normalized spacial score (nSPS) is 11.9.